The van der Waals surface area contributed by atoms with Crippen molar-refractivity contribution in [2.24, 2.45) is 0 Å². The van der Waals surface area contributed by atoms with Crippen molar-refractivity contribution in [3.63, 3.8) is 0 Å². The monoisotopic (exact) mass is 317 g/mol. The molecule has 0 atom stereocenters. The minimum atomic E-state index is 0.645. The van der Waals surface area contributed by atoms with Crippen LogP contribution in [0.1, 0.15) is 32.1 Å². The van der Waals surface area contributed by atoms with Gasteiger partial charge in [-0.25, -0.2) is 4.48 Å². The van der Waals surface area contributed by atoms with Crippen molar-refractivity contribution in [3.05, 3.63) is 85.5 Å². The van der Waals surface area contributed by atoms with Gasteiger partial charge in [-0.15, -0.1) is 0 Å². The Labute approximate surface area is 144 Å². The molecule has 4 rings (SSSR count). The maximum absolute atomic E-state index is 2.37. The molecule has 0 aromatic heterocycles. The molecular formula is C22H25N2+. The molecule has 1 aliphatic heterocycles. The number of nitrogens with zero attached hydrogens (tertiary/aromatic N) is 2. The first-order valence-corrected chi connectivity index (χ1v) is 9.04. The number of benzene rings is 2. The Balaban J connectivity index is 1.69. The predicted molar refractivity (Wildman–Crippen MR) is 102 cm³/mol. The molecule has 0 N–H and O–H groups in total. The lowest BCUT2D eigenvalue weighted by molar-refractivity contribution is 0.273. The third-order valence-electron chi connectivity index (χ3n) is 5.38. The van der Waals surface area contributed by atoms with Gasteiger partial charge >= 0.3 is 0 Å². The Morgan fingerprint density at radius 2 is 1.29 bits per heavy atom. The zero-order valence-corrected chi connectivity index (χ0v) is 14.1. The molecule has 1 saturated carbocycles. The highest BCUT2D eigenvalue weighted by Gasteiger charge is 2.38. The number of para-hydroxylation sites is 2. The van der Waals surface area contributed by atoms with Crippen LogP contribution in [0.2, 0.25) is 0 Å². The minimum Gasteiger partial charge on any atom is -0.313 e. The van der Waals surface area contributed by atoms with Gasteiger partial charge in [0.15, 0.2) is 0 Å². The maximum atomic E-state index is 2.37. The van der Waals surface area contributed by atoms with Crippen LogP contribution in [0.15, 0.2) is 85.5 Å². The molecule has 0 saturated heterocycles. The third-order valence-corrected chi connectivity index (χ3v) is 5.38. The number of quaternary nitrogens is 1. The molecule has 2 nitrogen and oxygen atoms in total. The van der Waals surface area contributed by atoms with E-state index in [4.69, 9.17) is 0 Å². The topological polar surface area (TPSA) is 3.24 Å². The van der Waals surface area contributed by atoms with E-state index in [0.29, 0.717) is 6.04 Å². The average molecular weight is 317 g/mol. The van der Waals surface area contributed by atoms with Gasteiger partial charge in [0.1, 0.15) is 24.1 Å². The summed E-state index contributed by atoms with van der Waals surface area (Å²) in [7, 11) is 0. The fourth-order valence-electron chi connectivity index (χ4n) is 4.06. The minimum absolute atomic E-state index is 0.645. The predicted octanol–water partition coefficient (Wildman–Crippen LogP) is 5.79. The molecule has 0 amide bonds. The van der Waals surface area contributed by atoms with Crippen molar-refractivity contribution < 1.29 is 0 Å². The lowest BCUT2D eigenvalue weighted by Crippen LogP contribution is -2.50. The largest absolute Gasteiger partial charge is 0.313 e. The van der Waals surface area contributed by atoms with E-state index in [0.717, 1.165) is 4.48 Å². The van der Waals surface area contributed by atoms with Crippen LogP contribution >= 0.6 is 0 Å². The summed E-state index contributed by atoms with van der Waals surface area (Å²) in [4.78, 5) is 2.21. The van der Waals surface area contributed by atoms with Gasteiger partial charge in [-0.05, 0) is 37.1 Å². The van der Waals surface area contributed by atoms with E-state index in [1.807, 2.05) is 0 Å². The highest BCUT2D eigenvalue weighted by molar-refractivity contribution is 5.57. The van der Waals surface area contributed by atoms with Crippen molar-refractivity contribution in [1.29, 1.82) is 0 Å². The molecule has 1 heterocycles. The zero-order valence-electron chi connectivity index (χ0n) is 14.1. The summed E-state index contributed by atoms with van der Waals surface area (Å²) in [5.74, 6) is 0. The van der Waals surface area contributed by atoms with E-state index in [9.17, 15) is 0 Å². The summed E-state index contributed by atoms with van der Waals surface area (Å²) < 4.78 is 0.851. The number of hydrogen-bond acceptors (Lipinski definition) is 1. The van der Waals surface area contributed by atoms with Gasteiger partial charge in [-0.1, -0.05) is 42.8 Å². The lowest BCUT2D eigenvalue weighted by atomic mass is 9.92. The van der Waals surface area contributed by atoms with Crippen LogP contribution in [0, 0.1) is 0 Å². The Hall–Kier alpha value is -2.32. The summed E-state index contributed by atoms with van der Waals surface area (Å²) in [6.45, 7) is 0. The van der Waals surface area contributed by atoms with Gasteiger partial charge in [-0.3, -0.25) is 0 Å². The first-order chi connectivity index (χ1) is 11.9. The second-order valence-corrected chi connectivity index (χ2v) is 6.80. The fourth-order valence-corrected chi connectivity index (χ4v) is 4.06. The van der Waals surface area contributed by atoms with Crippen molar-refractivity contribution >= 4 is 11.4 Å². The summed E-state index contributed by atoms with van der Waals surface area (Å²) in [5, 5.41) is 0. The van der Waals surface area contributed by atoms with E-state index in [2.05, 4.69) is 90.4 Å². The van der Waals surface area contributed by atoms with Gasteiger partial charge in [0, 0.05) is 18.5 Å². The van der Waals surface area contributed by atoms with E-state index < -0.39 is 0 Å². The quantitative estimate of drug-likeness (QED) is 0.648. The van der Waals surface area contributed by atoms with Gasteiger partial charge in [0.2, 0.25) is 0 Å². The normalized spacial score (nSPS) is 20.2. The van der Waals surface area contributed by atoms with E-state index >= 15 is 0 Å². The van der Waals surface area contributed by atoms with Crippen molar-refractivity contribution in [2.45, 2.75) is 38.1 Å². The smallest absolute Gasteiger partial charge is 0.142 e. The molecule has 122 valence electrons. The second kappa shape index (κ2) is 6.66. The van der Waals surface area contributed by atoms with Crippen LogP contribution in [0.5, 0.6) is 0 Å². The molecule has 0 bridgehead atoms. The van der Waals surface area contributed by atoms with Crippen LogP contribution in [0.3, 0.4) is 0 Å². The fraction of sp³-hybridized carbons (Fsp3) is 0.273. The van der Waals surface area contributed by atoms with Crippen molar-refractivity contribution in [1.82, 2.24) is 4.48 Å². The molecular weight excluding hydrogens is 292 g/mol. The van der Waals surface area contributed by atoms with Crippen LogP contribution in [-0.2, 0) is 0 Å². The Morgan fingerprint density at radius 3 is 1.92 bits per heavy atom. The Bertz CT molecular complexity index is 698. The highest BCUT2D eigenvalue weighted by atomic mass is 15.4. The maximum Gasteiger partial charge on any atom is 0.142 e. The van der Waals surface area contributed by atoms with Crippen molar-refractivity contribution in [3.8, 4) is 0 Å². The Morgan fingerprint density at radius 1 is 0.708 bits per heavy atom. The van der Waals surface area contributed by atoms with Crippen LogP contribution in [0.4, 0.5) is 11.4 Å². The highest BCUT2D eigenvalue weighted by Crippen LogP contribution is 2.37. The standard InChI is InChI=1S/C22H25N2/c1-4-10-20(11-5-1)23-16-18-24(19-17-23,21-12-6-2-7-13-21)22-14-8-3-9-15-22/h1-2,4-7,10-13,16-19,22H,3,8-9,14-15H2/q+1. The third kappa shape index (κ3) is 2.78. The van der Waals surface area contributed by atoms with Crippen molar-refractivity contribution in [2.75, 3.05) is 4.90 Å². The van der Waals surface area contributed by atoms with E-state index in [1.165, 1.54) is 43.5 Å². The molecule has 2 aromatic carbocycles. The van der Waals surface area contributed by atoms with Gasteiger partial charge < -0.3 is 4.90 Å². The molecule has 2 aromatic rings. The summed E-state index contributed by atoms with van der Waals surface area (Å²) in [6.07, 6.45) is 15.9. The van der Waals surface area contributed by atoms with Crippen LogP contribution < -0.4 is 9.38 Å². The molecule has 2 aliphatic rings. The molecule has 1 fully saturated rings. The van der Waals surface area contributed by atoms with E-state index in [1.54, 1.807) is 0 Å². The number of anilines is 1. The van der Waals surface area contributed by atoms with Gasteiger partial charge in [0.05, 0.1) is 12.4 Å². The molecule has 0 unspecified atom stereocenters. The second-order valence-electron chi connectivity index (χ2n) is 6.80. The first kappa shape index (κ1) is 15.2. The SMILES string of the molecule is C1=C[N+](c2ccccc2)(C2CCCCC2)C=CN1c1ccccc1. The molecule has 0 spiro atoms. The zero-order chi connectivity index (χ0) is 16.2. The first-order valence-electron chi connectivity index (χ1n) is 9.04. The van der Waals surface area contributed by atoms with Crippen LogP contribution in [0.25, 0.3) is 0 Å². The lowest BCUT2D eigenvalue weighted by Gasteiger charge is -2.42. The van der Waals surface area contributed by atoms with Crippen LogP contribution in [-0.4, -0.2) is 6.04 Å². The summed E-state index contributed by atoms with van der Waals surface area (Å²) in [6, 6.07) is 22.1. The van der Waals surface area contributed by atoms with E-state index in [-0.39, 0.29) is 0 Å². The molecule has 0 radical (unpaired) electrons. The molecule has 1 aliphatic carbocycles. The molecule has 2 heteroatoms. The molecule has 24 heavy (non-hydrogen) atoms. The number of hydrogen-bond donors (Lipinski definition) is 0. The van der Waals surface area contributed by atoms with Gasteiger partial charge in [0.25, 0.3) is 0 Å². The summed E-state index contributed by atoms with van der Waals surface area (Å²) >= 11 is 0. The number of rotatable bonds is 3. The van der Waals surface area contributed by atoms with Gasteiger partial charge in [-0.2, -0.15) is 0 Å². The average Bonchev–Trinajstić information content (AvgIpc) is 2.70. The Kier molecular flexibility index (Phi) is 4.22. The summed E-state index contributed by atoms with van der Waals surface area (Å²) in [5.41, 5.74) is 2.57.